The molecule has 6 nitrogen and oxygen atoms in total. The lowest BCUT2D eigenvalue weighted by Crippen LogP contribution is -2.20. The van der Waals surface area contributed by atoms with Crippen LogP contribution in [0.15, 0.2) is 24.3 Å². The van der Waals surface area contributed by atoms with E-state index >= 15 is 0 Å². The van der Waals surface area contributed by atoms with Crippen LogP contribution in [0.25, 0.3) is 0 Å². The van der Waals surface area contributed by atoms with Crippen LogP contribution in [0.4, 0.5) is 5.69 Å². The Labute approximate surface area is 124 Å². The number of nitrogens with zero attached hydrogens (tertiary/aromatic N) is 1. The Hall–Kier alpha value is -1.95. The largest absolute Gasteiger partial charge is 0.481 e. The van der Waals surface area contributed by atoms with Crippen molar-refractivity contribution < 1.29 is 14.8 Å². The molecule has 0 saturated carbocycles. The van der Waals surface area contributed by atoms with Gasteiger partial charge in [-0.1, -0.05) is 19.1 Å². The molecule has 2 N–H and O–H groups in total. The molecule has 0 bridgehead atoms. The van der Waals surface area contributed by atoms with Crippen LogP contribution in [0.1, 0.15) is 31.7 Å². The van der Waals surface area contributed by atoms with E-state index in [0.29, 0.717) is 12.3 Å². The Balaban J connectivity index is 2.13. The Morgan fingerprint density at radius 1 is 1.29 bits per heavy atom. The summed E-state index contributed by atoms with van der Waals surface area (Å²) in [5.74, 6) is -0.346. The SMILES string of the molecule is CC(CCNCCc1ccc([N+](=O)[O-])cc1)CCC(=O)O. The van der Waals surface area contributed by atoms with Gasteiger partial charge in [0.25, 0.3) is 5.69 Å². The smallest absolute Gasteiger partial charge is 0.303 e. The van der Waals surface area contributed by atoms with Gasteiger partial charge in [-0.25, -0.2) is 0 Å². The summed E-state index contributed by atoms with van der Waals surface area (Å²) in [4.78, 5) is 20.6. The van der Waals surface area contributed by atoms with E-state index in [2.05, 4.69) is 12.2 Å². The van der Waals surface area contributed by atoms with E-state index in [9.17, 15) is 14.9 Å². The maximum atomic E-state index is 10.5. The Morgan fingerprint density at radius 3 is 2.52 bits per heavy atom. The minimum absolute atomic E-state index is 0.110. The number of aliphatic carboxylic acids is 1. The zero-order chi connectivity index (χ0) is 15.7. The molecule has 21 heavy (non-hydrogen) atoms. The van der Waals surface area contributed by atoms with Crippen molar-refractivity contribution in [2.75, 3.05) is 13.1 Å². The first-order chi connectivity index (χ1) is 9.99. The Morgan fingerprint density at radius 2 is 1.95 bits per heavy atom. The minimum atomic E-state index is -0.743. The van der Waals surface area contributed by atoms with Crippen LogP contribution in [0, 0.1) is 16.0 Å². The van der Waals surface area contributed by atoms with E-state index in [-0.39, 0.29) is 12.1 Å². The molecule has 0 aliphatic carbocycles. The van der Waals surface area contributed by atoms with Gasteiger partial charge in [0.1, 0.15) is 0 Å². The number of benzene rings is 1. The average molecular weight is 294 g/mol. The monoisotopic (exact) mass is 294 g/mol. The normalized spacial score (nSPS) is 12.0. The molecule has 0 aliphatic heterocycles. The van der Waals surface area contributed by atoms with Gasteiger partial charge in [-0.2, -0.15) is 0 Å². The molecule has 0 saturated heterocycles. The molecule has 1 aromatic carbocycles. The van der Waals surface area contributed by atoms with Gasteiger partial charge in [0.15, 0.2) is 0 Å². The second-order valence-corrected chi connectivity index (χ2v) is 5.25. The molecule has 1 atom stereocenters. The number of carboxylic acids is 1. The molecule has 1 rings (SSSR count). The molecular formula is C15H22N2O4. The zero-order valence-corrected chi connectivity index (χ0v) is 12.2. The van der Waals surface area contributed by atoms with Crippen molar-refractivity contribution in [3.63, 3.8) is 0 Å². The molecular weight excluding hydrogens is 272 g/mol. The quantitative estimate of drug-likeness (QED) is 0.393. The number of carbonyl (C=O) groups is 1. The van der Waals surface area contributed by atoms with Crippen LogP contribution >= 0.6 is 0 Å². The Bertz CT molecular complexity index is 459. The number of nitro benzene ring substituents is 1. The predicted octanol–water partition coefficient (Wildman–Crippen LogP) is 2.62. The highest BCUT2D eigenvalue weighted by molar-refractivity contribution is 5.66. The molecule has 116 valence electrons. The molecule has 0 radical (unpaired) electrons. The maximum Gasteiger partial charge on any atom is 0.303 e. The first-order valence-electron chi connectivity index (χ1n) is 7.15. The number of nitrogens with one attached hydrogen (secondary N) is 1. The van der Waals surface area contributed by atoms with E-state index in [1.165, 1.54) is 12.1 Å². The van der Waals surface area contributed by atoms with Gasteiger partial charge in [0.05, 0.1) is 4.92 Å². The second kappa shape index (κ2) is 9.07. The highest BCUT2D eigenvalue weighted by atomic mass is 16.6. The fraction of sp³-hybridized carbons (Fsp3) is 0.533. The summed E-state index contributed by atoms with van der Waals surface area (Å²) in [5, 5.41) is 22.4. The molecule has 0 aromatic heterocycles. The van der Waals surface area contributed by atoms with Crippen LogP contribution in [-0.2, 0) is 11.2 Å². The fourth-order valence-electron chi connectivity index (χ4n) is 2.00. The van der Waals surface area contributed by atoms with Crippen molar-refractivity contribution in [2.24, 2.45) is 5.92 Å². The van der Waals surface area contributed by atoms with E-state index in [4.69, 9.17) is 5.11 Å². The van der Waals surface area contributed by atoms with E-state index in [1.54, 1.807) is 12.1 Å². The third-order valence-electron chi connectivity index (χ3n) is 3.40. The standard InChI is InChI=1S/C15H22N2O4/c1-12(2-7-15(18)19)8-10-16-11-9-13-3-5-14(6-4-13)17(20)21/h3-6,12,16H,2,7-11H2,1H3,(H,18,19). The molecule has 0 amide bonds. The van der Waals surface area contributed by atoms with Gasteiger partial charge in [0.2, 0.25) is 0 Å². The summed E-state index contributed by atoms with van der Waals surface area (Å²) in [7, 11) is 0. The van der Waals surface area contributed by atoms with E-state index in [0.717, 1.165) is 31.5 Å². The predicted molar refractivity (Wildman–Crippen MR) is 80.3 cm³/mol. The highest BCUT2D eigenvalue weighted by Gasteiger charge is 2.05. The molecule has 0 fully saturated rings. The number of rotatable bonds is 10. The van der Waals surface area contributed by atoms with Gasteiger partial charge in [-0.05, 0) is 43.8 Å². The molecule has 1 aromatic rings. The van der Waals surface area contributed by atoms with Crippen molar-refractivity contribution in [2.45, 2.75) is 32.6 Å². The third-order valence-corrected chi connectivity index (χ3v) is 3.40. The van der Waals surface area contributed by atoms with Crippen molar-refractivity contribution in [3.8, 4) is 0 Å². The third kappa shape index (κ3) is 7.41. The van der Waals surface area contributed by atoms with Crippen LogP contribution in [0.3, 0.4) is 0 Å². The summed E-state index contributed by atoms with van der Waals surface area (Å²) in [6.07, 6.45) is 2.71. The molecule has 6 heteroatoms. The minimum Gasteiger partial charge on any atom is -0.481 e. The molecule has 0 spiro atoms. The highest BCUT2D eigenvalue weighted by Crippen LogP contribution is 2.12. The number of carboxylic acid groups (broad SMARTS) is 1. The van der Waals surface area contributed by atoms with Crippen molar-refractivity contribution in [3.05, 3.63) is 39.9 Å². The summed E-state index contributed by atoms with van der Waals surface area (Å²) < 4.78 is 0. The van der Waals surface area contributed by atoms with E-state index in [1.807, 2.05) is 0 Å². The fourth-order valence-corrected chi connectivity index (χ4v) is 2.00. The summed E-state index contributed by atoms with van der Waals surface area (Å²) in [6, 6.07) is 6.58. The topological polar surface area (TPSA) is 92.5 Å². The van der Waals surface area contributed by atoms with Crippen LogP contribution in [-0.4, -0.2) is 29.1 Å². The first kappa shape index (κ1) is 17.1. The summed E-state index contributed by atoms with van der Waals surface area (Å²) in [5.41, 5.74) is 1.17. The zero-order valence-electron chi connectivity index (χ0n) is 12.2. The molecule has 0 heterocycles. The molecule has 1 unspecified atom stereocenters. The number of hydrogen-bond acceptors (Lipinski definition) is 4. The Kier molecular flexibility index (Phi) is 7.39. The number of nitro groups is 1. The van der Waals surface area contributed by atoms with Gasteiger partial charge in [0, 0.05) is 18.6 Å². The number of non-ortho nitro benzene ring substituents is 1. The molecule has 0 aliphatic rings. The number of hydrogen-bond donors (Lipinski definition) is 2. The van der Waals surface area contributed by atoms with Crippen LogP contribution < -0.4 is 5.32 Å². The summed E-state index contributed by atoms with van der Waals surface area (Å²) in [6.45, 7) is 3.72. The van der Waals surface area contributed by atoms with Crippen molar-refractivity contribution in [1.82, 2.24) is 5.32 Å². The maximum absolute atomic E-state index is 10.5. The first-order valence-corrected chi connectivity index (χ1v) is 7.15. The van der Waals surface area contributed by atoms with Crippen LogP contribution in [0.5, 0.6) is 0 Å². The van der Waals surface area contributed by atoms with Gasteiger partial charge < -0.3 is 10.4 Å². The van der Waals surface area contributed by atoms with Crippen molar-refractivity contribution >= 4 is 11.7 Å². The average Bonchev–Trinajstić information content (AvgIpc) is 2.45. The van der Waals surface area contributed by atoms with Gasteiger partial charge >= 0.3 is 5.97 Å². The van der Waals surface area contributed by atoms with Gasteiger partial charge in [-0.15, -0.1) is 0 Å². The van der Waals surface area contributed by atoms with Gasteiger partial charge in [-0.3, -0.25) is 14.9 Å². The van der Waals surface area contributed by atoms with Crippen molar-refractivity contribution in [1.29, 1.82) is 0 Å². The van der Waals surface area contributed by atoms with E-state index < -0.39 is 10.9 Å². The lowest BCUT2D eigenvalue weighted by Gasteiger charge is -2.10. The lowest BCUT2D eigenvalue weighted by atomic mass is 10.0. The summed E-state index contributed by atoms with van der Waals surface area (Å²) >= 11 is 0. The van der Waals surface area contributed by atoms with Crippen LogP contribution in [0.2, 0.25) is 0 Å². The lowest BCUT2D eigenvalue weighted by molar-refractivity contribution is -0.384. The second-order valence-electron chi connectivity index (χ2n) is 5.25.